The van der Waals surface area contributed by atoms with Crippen molar-refractivity contribution >= 4 is 15.7 Å². The van der Waals surface area contributed by atoms with Crippen LogP contribution >= 0.6 is 0 Å². The maximum atomic E-state index is 13.5. The Labute approximate surface area is 129 Å². The van der Waals surface area contributed by atoms with Gasteiger partial charge < -0.3 is 4.74 Å². The Morgan fingerprint density at radius 1 is 1.09 bits per heavy atom. The zero-order valence-corrected chi connectivity index (χ0v) is 12.5. The van der Waals surface area contributed by atoms with E-state index < -0.39 is 32.8 Å². The number of benzene rings is 2. The molecule has 0 aromatic heterocycles. The Hall–Kier alpha value is -2.29. The number of halogens is 4. The van der Waals surface area contributed by atoms with Crippen molar-refractivity contribution in [1.82, 2.24) is 0 Å². The lowest BCUT2D eigenvalue weighted by Gasteiger charge is -2.14. The van der Waals surface area contributed by atoms with Crippen LogP contribution in [0.15, 0.2) is 47.4 Å². The molecule has 0 aliphatic carbocycles. The summed E-state index contributed by atoms with van der Waals surface area (Å²) in [5, 5.41) is 0. The Morgan fingerprint density at radius 2 is 1.74 bits per heavy atom. The maximum Gasteiger partial charge on any atom is 0.573 e. The molecule has 2 aromatic carbocycles. The lowest BCUT2D eigenvalue weighted by molar-refractivity contribution is -0.275. The van der Waals surface area contributed by atoms with E-state index in [1.807, 2.05) is 4.72 Å². The van der Waals surface area contributed by atoms with E-state index in [1.54, 1.807) is 0 Å². The van der Waals surface area contributed by atoms with Crippen molar-refractivity contribution in [2.75, 3.05) is 4.72 Å². The van der Waals surface area contributed by atoms with E-state index in [1.165, 1.54) is 31.2 Å². The highest BCUT2D eigenvalue weighted by Gasteiger charge is 2.34. The van der Waals surface area contributed by atoms with Gasteiger partial charge in [0.25, 0.3) is 10.0 Å². The summed E-state index contributed by atoms with van der Waals surface area (Å²) in [7, 11) is -4.39. The van der Waals surface area contributed by atoms with E-state index in [9.17, 15) is 26.0 Å². The molecule has 0 radical (unpaired) electrons. The molecule has 2 aromatic rings. The molecule has 4 nitrogen and oxygen atoms in total. The van der Waals surface area contributed by atoms with Gasteiger partial charge in [0.15, 0.2) is 0 Å². The minimum absolute atomic E-state index is 0.116. The number of hydrogen-bond acceptors (Lipinski definition) is 3. The summed E-state index contributed by atoms with van der Waals surface area (Å²) in [5.41, 5.74) is 0.184. The van der Waals surface area contributed by atoms with E-state index >= 15 is 0 Å². The van der Waals surface area contributed by atoms with Gasteiger partial charge in [-0.3, -0.25) is 4.72 Å². The molecule has 0 unspecified atom stereocenters. The third-order valence-electron chi connectivity index (χ3n) is 2.79. The Balaban J connectivity index is 2.38. The Bertz CT molecular complexity index is 819. The molecule has 0 bridgehead atoms. The molecular formula is C14H11F4NO3S. The molecule has 0 saturated heterocycles. The zero-order valence-electron chi connectivity index (χ0n) is 11.7. The summed E-state index contributed by atoms with van der Waals surface area (Å²) in [6.07, 6.45) is -5.04. The fourth-order valence-electron chi connectivity index (χ4n) is 1.75. The van der Waals surface area contributed by atoms with E-state index in [4.69, 9.17) is 0 Å². The summed E-state index contributed by atoms with van der Waals surface area (Å²) in [6.45, 7) is 1.49. The fourth-order valence-corrected chi connectivity index (χ4v) is 2.93. The summed E-state index contributed by atoms with van der Waals surface area (Å²) in [4.78, 5) is -0.710. The highest BCUT2D eigenvalue weighted by molar-refractivity contribution is 7.92. The van der Waals surface area contributed by atoms with Gasteiger partial charge in [-0.1, -0.05) is 18.2 Å². The second kappa shape index (κ2) is 6.07. The minimum Gasteiger partial charge on any atom is -0.404 e. The second-order valence-electron chi connectivity index (χ2n) is 4.56. The van der Waals surface area contributed by atoms with Crippen molar-refractivity contribution < 1.29 is 30.7 Å². The number of para-hydroxylation sites is 1. The Kier molecular flexibility index (Phi) is 4.51. The summed E-state index contributed by atoms with van der Waals surface area (Å²) in [6, 6.07) is 7.83. The van der Waals surface area contributed by atoms with Crippen LogP contribution in [0, 0.1) is 12.7 Å². The van der Waals surface area contributed by atoms with Gasteiger partial charge in [0, 0.05) is 0 Å². The number of ether oxygens (including phenoxy) is 1. The van der Waals surface area contributed by atoms with Crippen molar-refractivity contribution in [2.24, 2.45) is 0 Å². The summed E-state index contributed by atoms with van der Waals surface area (Å²) in [5.74, 6) is -1.52. The molecule has 0 spiro atoms. The molecule has 9 heteroatoms. The van der Waals surface area contributed by atoms with Crippen LogP contribution in [0.2, 0.25) is 0 Å². The van der Waals surface area contributed by atoms with E-state index in [-0.39, 0.29) is 5.69 Å². The SMILES string of the molecule is Cc1ccc(NS(=O)(=O)c2ccccc2OC(F)(F)F)cc1F. The number of rotatable bonds is 4. The first kappa shape index (κ1) is 17.1. The standard InChI is InChI=1S/C14H11F4NO3S/c1-9-6-7-10(8-11(9)15)19-23(20,21)13-5-3-2-4-12(13)22-14(16,17)18/h2-8,19H,1H3. The van der Waals surface area contributed by atoms with Crippen LogP contribution in [-0.2, 0) is 10.0 Å². The second-order valence-corrected chi connectivity index (χ2v) is 6.21. The highest BCUT2D eigenvalue weighted by atomic mass is 32.2. The van der Waals surface area contributed by atoms with Gasteiger partial charge in [0.1, 0.15) is 16.5 Å². The van der Waals surface area contributed by atoms with Crippen molar-refractivity contribution in [3.8, 4) is 5.75 Å². The molecule has 23 heavy (non-hydrogen) atoms. The van der Waals surface area contributed by atoms with Crippen LogP contribution in [0.25, 0.3) is 0 Å². The summed E-state index contributed by atoms with van der Waals surface area (Å²) >= 11 is 0. The molecule has 0 aliphatic rings. The molecule has 124 valence electrons. The van der Waals surface area contributed by atoms with Crippen molar-refractivity contribution in [3.63, 3.8) is 0 Å². The number of nitrogens with one attached hydrogen (secondary N) is 1. The average Bonchev–Trinajstić information content (AvgIpc) is 2.41. The van der Waals surface area contributed by atoms with Crippen LogP contribution in [-0.4, -0.2) is 14.8 Å². The maximum absolute atomic E-state index is 13.5. The lowest BCUT2D eigenvalue weighted by Crippen LogP contribution is -2.20. The molecule has 0 aliphatic heterocycles. The van der Waals surface area contributed by atoms with Gasteiger partial charge in [0.2, 0.25) is 0 Å². The van der Waals surface area contributed by atoms with E-state index in [0.29, 0.717) is 5.56 Å². The van der Waals surface area contributed by atoms with Crippen molar-refractivity contribution in [2.45, 2.75) is 18.2 Å². The van der Waals surface area contributed by atoms with Crippen LogP contribution in [0.5, 0.6) is 5.75 Å². The monoisotopic (exact) mass is 349 g/mol. The van der Waals surface area contributed by atoms with Gasteiger partial charge in [-0.05, 0) is 36.8 Å². The van der Waals surface area contributed by atoms with Gasteiger partial charge in [-0.25, -0.2) is 12.8 Å². The normalized spacial score (nSPS) is 12.0. The molecule has 0 atom stereocenters. The minimum atomic E-state index is -5.04. The van der Waals surface area contributed by atoms with Crippen molar-refractivity contribution in [3.05, 3.63) is 53.8 Å². The largest absolute Gasteiger partial charge is 0.573 e. The molecule has 1 N–H and O–H groups in total. The van der Waals surface area contributed by atoms with Crippen LogP contribution in [0.3, 0.4) is 0 Å². The summed E-state index contributed by atoms with van der Waals surface area (Å²) < 4.78 is 80.7. The third-order valence-corrected chi connectivity index (χ3v) is 4.21. The highest BCUT2D eigenvalue weighted by Crippen LogP contribution is 2.30. The van der Waals surface area contributed by atoms with Gasteiger partial charge in [-0.2, -0.15) is 0 Å². The number of anilines is 1. The third kappa shape index (κ3) is 4.35. The molecule has 2 rings (SSSR count). The first-order chi connectivity index (χ1) is 10.6. The van der Waals surface area contributed by atoms with Crippen molar-refractivity contribution in [1.29, 1.82) is 0 Å². The van der Waals surface area contributed by atoms with Gasteiger partial charge >= 0.3 is 6.36 Å². The smallest absolute Gasteiger partial charge is 0.404 e. The predicted octanol–water partition coefficient (Wildman–Crippen LogP) is 3.83. The molecular weight excluding hydrogens is 338 g/mol. The number of sulfonamides is 1. The number of aryl methyl sites for hydroxylation is 1. The van der Waals surface area contributed by atoms with E-state index in [2.05, 4.69) is 4.74 Å². The van der Waals surface area contributed by atoms with Crippen LogP contribution in [0.4, 0.5) is 23.2 Å². The zero-order chi connectivity index (χ0) is 17.3. The molecule has 0 amide bonds. The van der Waals surface area contributed by atoms with Gasteiger partial charge in [0.05, 0.1) is 5.69 Å². The molecule has 0 fully saturated rings. The predicted molar refractivity (Wildman–Crippen MR) is 75.1 cm³/mol. The first-order valence-corrected chi connectivity index (χ1v) is 7.70. The molecule has 0 heterocycles. The van der Waals surface area contributed by atoms with Crippen LogP contribution in [0.1, 0.15) is 5.56 Å². The number of hydrogen-bond donors (Lipinski definition) is 1. The topological polar surface area (TPSA) is 55.4 Å². The first-order valence-electron chi connectivity index (χ1n) is 6.22. The number of alkyl halides is 3. The average molecular weight is 349 g/mol. The Morgan fingerprint density at radius 3 is 2.35 bits per heavy atom. The van der Waals surface area contributed by atoms with Crippen LogP contribution < -0.4 is 9.46 Å². The van der Waals surface area contributed by atoms with E-state index in [0.717, 1.165) is 18.2 Å². The fraction of sp³-hybridized carbons (Fsp3) is 0.143. The van der Waals surface area contributed by atoms with Gasteiger partial charge in [-0.15, -0.1) is 13.2 Å². The lowest BCUT2D eigenvalue weighted by atomic mass is 10.2. The quantitative estimate of drug-likeness (QED) is 0.854. The molecule has 0 saturated carbocycles.